The molecule has 1 unspecified atom stereocenters. The van der Waals surface area contributed by atoms with E-state index >= 15 is 0 Å². The Balaban J connectivity index is 2.40. The number of hydrogen-bond acceptors (Lipinski definition) is 2. The zero-order chi connectivity index (χ0) is 12.4. The maximum atomic E-state index is 13.5. The average molecular weight is 235 g/mol. The molecule has 0 radical (unpaired) electrons. The molecular formula is C13H11F2NO. The van der Waals surface area contributed by atoms with Gasteiger partial charge in [-0.05, 0) is 30.7 Å². The van der Waals surface area contributed by atoms with Gasteiger partial charge >= 0.3 is 0 Å². The summed E-state index contributed by atoms with van der Waals surface area (Å²) in [4.78, 5) is 4.04. The van der Waals surface area contributed by atoms with Crippen LogP contribution in [0.15, 0.2) is 36.5 Å². The molecule has 0 spiro atoms. The Hall–Kier alpha value is -1.81. The molecule has 0 saturated carbocycles. The highest BCUT2D eigenvalue weighted by molar-refractivity contribution is 5.59. The van der Waals surface area contributed by atoms with Crippen molar-refractivity contribution < 1.29 is 13.9 Å². The van der Waals surface area contributed by atoms with Gasteiger partial charge in [-0.1, -0.05) is 6.07 Å². The van der Waals surface area contributed by atoms with Crippen LogP contribution in [-0.2, 0) is 0 Å². The van der Waals surface area contributed by atoms with E-state index in [0.717, 1.165) is 6.07 Å². The Morgan fingerprint density at radius 2 is 1.94 bits per heavy atom. The van der Waals surface area contributed by atoms with Crippen LogP contribution in [0.2, 0.25) is 0 Å². The molecule has 4 heteroatoms. The van der Waals surface area contributed by atoms with Gasteiger partial charge in [0.1, 0.15) is 11.6 Å². The SMILES string of the molecule is CC(O)c1ccc(-c2ccc(F)cc2F)nc1. The lowest BCUT2D eigenvalue weighted by Crippen LogP contribution is -1.94. The molecule has 0 aliphatic heterocycles. The highest BCUT2D eigenvalue weighted by Gasteiger charge is 2.08. The van der Waals surface area contributed by atoms with Crippen LogP contribution in [0.3, 0.4) is 0 Å². The molecule has 1 aromatic heterocycles. The fourth-order valence-corrected chi connectivity index (χ4v) is 1.51. The van der Waals surface area contributed by atoms with E-state index in [2.05, 4.69) is 4.98 Å². The molecule has 2 nitrogen and oxygen atoms in total. The first-order chi connectivity index (χ1) is 8.08. The number of halogens is 2. The van der Waals surface area contributed by atoms with Gasteiger partial charge in [0.2, 0.25) is 0 Å². The molecular weight excluding hydrogens is 224 g/mol. The van der Waals surface area contributed by atoms with Crippen LogP contribution in [0.1, 0.15) is 18.6 Å². The van der Waals surface area contributed by atoms with Crippen molar-refractivity contribution in [1.29, 1.82) is 0 Å². The standard InChI is InChI=1S/C13H11F2NO/c1-8(17)9-2-5-13(16-7-9)11-4-3-10(14)6-12(11)15/h2-8,17H,1H3. The van der Waals surface area contributed by atoms with Crippen LogP contribution in [0, 0.1) is 11.6 Å². The highest BCUT2D eigenvalue weighted by Crippen LogP contribution is 2.22. The van der Waals surface area contributed by atoms with Gasteiger partial charge < -0.3 is 5.11 Å². The van der Waals surface area contributed by atoms with E-state index in [-0.39, 0.29) is 5.56 Å². The first-order valence-electron chi connectivity index (χ1n) is 5.17. The smallest absolute Gasteiger partial charge is 0.135 e. The average Bonchev–Trinajstić information content (AvgIpc) is 2.29. The van der Waals surface area contributed by atoms with Crippen molar-refractivity contribution in [2.24, 2.45) is 0 Å². The lowest BCUT2D eigenvalue weighted by atomic mass is 10.1. The number of rotatable bonds is 2. The van der Waals surface area contributed by atoms with Crippen LogP contribution in [0.5, 0.6) is 0 Å². The zero-order valence-electron chi connectivity index (χ0n) is 9.19. The van der Waals surface area contributed by atoms with E-state index < -0.39 is 17.7 Å². The van der Waals surface area contributed by atoms with E-state index in [1.165, 1.54) is 18.3 Å². The van der Waals surface area contributed by atoms with E-state index in [9.17, 15) is 13.9 Å². The first kappa shape index (κ1) is 11.7. The molecule has 0 aliphatic rings. The zero-order valence-corrected chi connectivity index (χ0v) is 9.19. The molecule has 0 fully saturated rings. The van der Waals surface area contributed by atoms with Gasteiger partial charge in [-0.25, -0.2) is 8.78 Å². The minimum Gasteiger partial charge on any atom is -0.389 e. The third-order valence-electron chi connectivity index (χ3n) is 2.48. The Morgan fingerprint density at radius 1 is 1.18 bits per heavy atom. The molecule has 2 rings (SSSR count). The van der Waals surface area contributed by atoms with Crippen molar-refractivity contribution in [2.45, 2.75) is 13.0 Å². The van der Waals surface area contributed by atoms with Gasteiger partial charge in [0.05, 0.1) is 11.8 Å². The van der Waals surface area contributed by atoms with Gasteiger partial charge in [0.15, 0.2) is 0 Å². The molecule has 1 heterocycles. The van der Waals surface area contributed by atoms with Gasteiger partial charge in [-0.2, -0.15) is 0 Å². The summed E-state index contributed by atoms with van der Waals surface area (Å²) in [7, 11) is 0. The number of hydrogen-bond donors (Lipinski definition) is 1. The number of aliphatic hydroxyl groups is 1. The van der Waals surface area contributed by atoms with Crippen LogP contribution in [-0.4, -0.2) is 10.1 Å². The fraction of sp³-hybridized carbons (Fsp3) is 0.154. The van der Waals surface area contributed by atoms with Crippen molar-refractivity contribution in [3.63, 3.8) is 0 Å². The Morgan fingerprint density at radius 3 is 2.47 bits per heavy atom. The van der Waals surface area contributed by atoms with Crippen molar-refractivity contribution in [2.75, 3.05) is 0 Å². The lowest BCUT2D eigenvalue weighted by molar-refractivity contribution is 0.199. The normalized spacial score (nSPS) is 12.5. The lowest BCUT2D eigenvalue weighted by Gasteiger charge is -2.06. The van der Waals surface area contributed by atoms with Crippen LogP contribution >= 0.6 is 0 Å². The van der Waals surface area contributed by atoms with Crippen LogP contribution in [0.4, 0.5) is 8.78 Å². The number of nitrogens with zero attached hydrogens (tertiary/aromatic N) is 1. The quantitative estimate of drug-likeness (QED) is 0.867. The molecule has 1 atom stereocenters. The van der Waals surface area contributed by atoms with Crippen molar-refractivity contribution in [3.8, 4) is 11.3 Å². The van der Waals surface area contributed by atoms with E-state index in [4.69, 9.17) is 0 Å². The largest absolute Gasteiger partial charge is 0.389 e. The predicted octanol–water partition coefficient (Wildman–Crippen LogP) is 3.08. The van der Waals surface area contributed by atoms with Crippen LogP contribution in [0.25, 0.3) is 11.3 Å². The Bertz CT molecular complexity index is 523. The molecule has 0 aliphatic carbocycles. The number of pyridine rings is 1. The second-order valence-corrected chi connectivity index (χ2v) is 3.78. The predicted molar refractivity (Wildman–Crippen MR) is 60.2 cm³/mol. The summed E-state index contributed by atoms with van der Waals surface area (Å²) in [5.41, 5.74) is 1.30. The molecule has 17 heavy (non-hydrogen) atoms. The summed E-state index contributed by atoms with van der Waals surface area (Å²) < 4.78 is 26.2. The monoisotopic (exact) mass is 235 g/mol. The third-order valence-corrected chi connectivity index (χ3v) is 2.48. The maximum absolute atomic E-state index is 13.5. The number of benzene rings is 1. The number of aliphatic hydroxyl groups excluding tert-OH is 1. The minimum atomic E-state index is -0.651. The summed E-state index contributed by atoms with van der Waals surface area (Å²) in [6.45, 7) is 1.62. The highest BCUT2D eigenvalue weighted by atomic mass is 19.1. The summed E-state index contributed by atoms with van der Waals surface area (Å²) in [6.07, 6.45) is 0.859. The molecule has 1 aromatic carbocycles. The van der Waals surface area contributed by atoms with Crippen molar-refractivity contribution >= 4 is 0 Å². The number of aromatic nitrogens is 1. The molecule has 0 saturated heterocycles. The fourth-order valence-electron chi connectivity index (χ4n) is 1.51. The van der Waals surface area contributed by atoms with Crippen molar-refractivity contribution in [3.05, 3.63) is 53.7 Å². The summed E-state index contributed by atoms with van der Waals surface area (Å²) >= 11 is 0. The van der Waals surface area contributed by atoms with Crippen LogP contribution < -0.4 is 0 Å². The molecule has 1 N–H and O–H groups in total. The summed E-state index contributed by atoms with van der Waals surface area (Å²) in [5, 5.41) is 9.31. The van der Waals surface area contributed by atoms with Crippen molar-refractivity contribution in [1.82, 2.24) is 4.98 Å². The molecule has 2 aromatic rings. The molecule has 0 bridgehead atoms. The van der Waals surface area contributed by atoms with Gasteiger partial charge in [0, 0.05) is 17.8 Å². The summed E-state index contributed by atoms with van der Waals surface area (Å²) in [5.74, 6) is -1.27. The van der Waals surface area contributed by atoms with E-state index in [1.54, 1.807) is 19.1 Å². The topological polar surface area (TPSA) is 33.1 Å². The van der Waals surface area contributed by atoms with E-state index in [0.29, 0.717) is 11.3 Å². The van der Waals surface area contributed by atoms with Gasteiger partial charge in [-0.3, -0.25) is 4.98 Å². The van der Waals surface area contributed by atoms with Gasteiger partial charge in [-0.15, -0.1) is 0 Å². The Labute approximate surface area is 97.6 Å². The molecule has 88 valence electrons. The molecule has 0 amide bonds. The van der Waals surface area contributed by atoms with Gasteiger partial charge in [0.25, 0.3) is 0 Å². The van der Waals surface area contributed by atoms with E-state index in [1.807, 2.05) is 0 Å². The summed E-state index contributed by atoms with van der Waals surface area (Å²) in [6, 6.07) is 6.60. The third kappa shape index (κ3) is 2.47. The first-order valence-corrected chi connectivity index (χ1v) is 5.17. The maximum Gasteiger partial charge on any atom is 0.135 e. The second kappa shape index (κ2) is 4.59. The Kier molecular flexibility index (Phi) is 3.15. The minimum absolute atomic E-state index is 0.239. The second-order valence-electron chi connectivity index (χ2n) is 3.78.